The van der Waals surface area contributed by atoms with Gasteiger partial charge in [-0.15, -0.1) is 0 Å². The van der Waals surface area contributed by atoms with Crippen LogP contribution in [0.4, 0.5) is 0 Å². The molecular formula is C15H21NO2. The molecule has 2 N–H and O–H groups in total. The van der Waals surface area contributed by atoms with E-state index >= 15 is 0 Å². The van der Waals surface area contributed by atoms with E-state index in [9.17, 15) is 9.90 Å². The van der Waals surface area contributed by atoms with Gasteiger partial charge in [-0.05, 0) is 31.2 Å². The van der Waals surface area contributed by atoms with Crippen LogP contribution in [0.3, 0.4) is 0 Å². The lowest BCUT2D eigenvalue weighted by Gasteiger charge is -2.18. The number of nitrogens with one attached hydrogen (secondary N) is 1. The van der Waals surface area contributed by atoms with Gasteiger partial charge in [0.25, 0.3) is 0 Å². The number of hydrogen-bond donors (Lipinski definition) is 2. The number of carbonyl (C=O) groups excluding carboxylic acids is 1. The van der Waals surface area contributed by atoms with E-state index in [0.717, 1.165) is 12.0 Å². The number of amides is 1. The first-order chi connectivity index (χ1) is 8.58. The van der Waals surface area contributed by atoms with Gasteiger partial charge in [-0.25, -0.2) is 0 Å². The first kappa shape index (κ1) is 13.1. The van der Waals surface area contributed by atoms with Crippen molar-refractivity contribution in [2.75, 3.05) is 0 Å². The third kappa shape index (κ3) is 3.33. The molecule has 0 unspecified atom stereocenters. The van der Waals surface area contributed by atoms with Crippen molar-refractivity contribution in [2.45, 2.75) is 38.8 Å². The number of aliphatic hydroxyl groups excluding tert-OH is 1. The Morgan fingerprint density at radius 3 is 2.61 bits per heavy atom. The summed E-state index contributed by atoms with van der Waals surface area (Å²) in [5.41, 5.74) is 0.901. The van der Waals surface area contributed by atoms with Crippen molar-refractivity contribution in [1.29, 1.82) is 0 Å². The zero-order chi connectivity index (χ0) is 13.1. The van der Waals surface area contributed by atoms with Gasteiger partial charge < -0.3 is 10.4 Å². The molecule has 1 fully saturated rings. The minimum atomic E-state index is -0.516. The van der Waals surface area contributed by atoms with Crippen LogP contribution < -0.4 is 5.32 Å². The summed E-state index contributed by atoms with van der Waals surface area (Å²) >= 11 is 0. The van der Waals surface area contributed by atoms with E-state index in [1.807, 2.05) is 37.3 Å². The Hall–Kier alpha value is -1.35. The van der Waals surface area contributed by atoms with E-state index in [1.165, 1.54) is 0 Å². The van der Waals surface area contributed by atoms with Gasteiger partial charge in [-0.3, -0.25) is 4.79 Å². The molecule has 1 aromatic carbocycles. The van der Waals surface area contributed by atoms with Crippen LogP contribution in [0.2, 0.25) is 0 Å². The summed E-state index contributed by atoms with van der Waals surface area (Å²) in [6.45, 7) is 4.03. The van der Waals surface area contributed by atoms with Gasteiger partial charge in [0.1, 0.15) is 0 Å². The van der Waals surface area contributed by atoms with Gasteiger partial charge in [0, 0.05) is 12.0 Å². The van der Waals surface area contributed by atoms with Crippen LogP contribution in [-0.4, -0.2) is 17.1 Å². The fourth-order valence-electron chi connectivity index (χ4n) is 2.24. The van der Waals surface area contributed by atoms with Crippen molar-refractivity contribution < 1.29 is 9.90 Å². The van der Waals surface area contributed by atoms with Gasteiger partial charge in [0.2, 0.25) is 5.91 Å². The van der Waals surface area contributed by atoms with E-state index in [-0.39, 0.29) is 17.9 Å². The molecule has 0 aromatic heterocycles. The third-order valence-electron chi connectivity index (χ3n) is 3.60. The highest BCUT2D eigenvalue weighted by Crippen LogP contribution is 2.37. The summed E-state index contributed by atoms with van der Waals surface area (Å²) < 4.78 is 0. The number of aliphatic hydroxyl groups is 1. The van der Waals surface area contributed by atoms with Crippen molar-refractivity contribution in [1.82, 2.24) is 5.32 Å². The first-order valence-electron chi connectivity index (χ1n) is 6.61. The standard InChI is InChI=1S/C15H21NO2/c1-10-8-13(10)15(18)16-11(2)9-14(17)12-6-4-3-5-7-12/h3-7,10-11,13-14,17H,8-9H2,1-2H3,(H,16,18)/t10-,11-,13+,14+/m1/s1. The first-order valence-corrected chi connectivity index (χ1v) is 6.61. The molecule has 3 heteroatoms. The van der Waals surface area contributed by atoms with Crippen LogP contribution >= 0.6 is 0 Å². The lowest BCUT2D eigenvalue weighted by molar-refractivity contribution is -0.123. The van der Waals surface area contributed by atoms with Gasteiger partial charge in [0.15, 0.2) is 0 Å². The summed E-state index contributed by atoms with van der Waals surface area (Å²) in [6.07, 6.45) is 1.04. The topological polar surface area (TPSA) is 49.3 Å². The zero-order valence-corrected chi connectivity index (χ0v) is 11.0. The molecule has 0 saturated heterocycles. The summed E-state index contributed by atoms with van der Waals surface area (Å²) in [5, 5.41) is 13.0. The second kappa shape index (κ2) is 5.53. The van der Waals surface area contributed by atoms with Gasteiger partial charge >= 0.3 is 0 Å². The molecule has 4 atom stereocenters. The lowest BCUT2D eigenvalue weighted by Crippen LogP contribution is -2.35. The van der Waals surface area contributed by atoms with E-state index in [2.05, 4.69) is 12.2 Å². The quantitative estimate of drug-likeness (QED) is 0.838. The lowest BCUT2D eigenvalue weighted by atomic mass is 10.0. The number of rotatable bonds is 5. The Morgan fingerprint density at radius 1 is 1.44 bits per heavy atom. The number of benzene rings is 1. The Balaban J connectivity index is 1.80. The fourth-order valence-corrected chi connectivity index (χ4v) is 2.24. The van der Waals surface area contributed by atoms with E-state index in [1.54, 1.807) is 0 Å². The fraction of sp³-hybridized carbons (Fsp3) is 0.533. The molecular weight excluding hydrogens is 226 g/mol. The normalized spacial score (nSPS) is 25.3. The van der Waals surface area contributed by atoms with Crippen molar-refractivity contribution >= 4 is 5.91 Å². The Morgan fingerprint density at radius 2 is 2.06 bits per heavy atom. The maximum atomic E-state index is 11.8. The van der Waals surface area contributed by atoms with E-state index < -0.39 is 6.10 Å². The summed E-state index contributed by atoms with van der Waals surface area (Å²) in [7, 11) is 0. The van der Waals surface area contributed by atoms with Crippen LogP contribution in [-0.2, 0) is 4.79 Å². The molecule has 1 saturated carbocycles. The van der Waals surface area contributed by atoms with E-state index in [4.69, 9.17) is 0 Å². The highest BCUT2D eigenvalue weighted by atomic mass is 16.3. The van der Waals surface area contributed by atoms with Crippen LogP contribution in [0.15, 0.2) is 30.3 Å². The zero-order valence-electron chi connectivity index (χ0n) is 11.0. The van der Waals surface area contributed by atoms with Crippen LogP contribution in [0, 0.1) is 11.8 Å². The Kier molecular flexibility index (Phi) is 4.02. The Labute approximate surface area is 108 Å². The minimum Gasteiger partial charge on any atom is -0.388 e. The van der Waals surface area contributed by atoms with Gasteiger partial charge in [-0.2, -0.15) is 0 Å². The second-order valence-electron chi connectivity index (χ2n) is 5.39. The Bertz CT molecular complexity index is 404. The van der Waals surface area contributed by atoms with E-state index in [0.29, 0.717) is 12.3 Å². The highest BCUT2D eigenvalue weighted by Gasteiger charge is 2.39. The molecule has 0 aliphatic heterocycles. The predicted octanol–water partition coefficient (Wildman–Crippen LogP) is 2.27. The van der Waals surface area contributed by atoms with Crippen LogP contribution in [0.25, 0.3) is 0 Å². The molecule has 0 heterocycles. The molecule has 2 rings (SSSR count). The third-order valence-corrected chi connectivity index (χ3v) is 3.60. The SMILES string of the molecule is C[C@H](C[C@H](O)c1ccccc1)NC(=O)[C@H]1C[C@H]1C. The molecule has 18 heavy (non-hydrogen) atoms. The maximum absolute atomic E-state index is 11.8. The summed E-state index contributed by atoms with van der Waals surface area (Å²) in [6, 6.07) is 9.56. The minimum absolute atomic E-state index is 0.000469. The smallest absolute Gasteiger partial charge is 0.223 e. The predicted molar refractivity (Wildman–Crippen MR) is 70.9 cm³/mol. The molecule has 3 nitrogen and oxygen atoms in total. The molecule has 1 aliphatic rings. The van der Waals surface area contributed by atoms with Crippen molar-refractivity contribution in [3.8, 4) is 0 Å². The molecule has 0 bridgehead atoms. The molecule has 1 amide bonds. The molecule has 98 valence electrons. The number of hydrogen-bond acceptors (Lipinski definition) is 2. The molecule has 1 aliphatic carbocycles. The number of carbonyl (C=O) groups is 1. The van der Waals surface area contributed by atoms with Crippen molar-refractivity contribution in [2.24, 2.45) is 11.8 Å². The van der Waals surface area contributed by atoms with Gasteiger partial charge in [0.05, 0.1) is 6.10 Å². The maximum Gasteiger partial charge on any atom is 0.223 e. The van der Waals surface area contributed by atoms with Crippen LogP contribution in [0.1, 0.15) is 38.4 Å². The summed E-state index contributed by atoms with van der Waals surface area (Å²) in [4.78, 5) is 11.8. The van der Waals surface area contributed by atoms with Crippen molar-refractivity contribution in [3.63, 3.8) is 0 Å². The molecule has 0 spiro atoms. The average molecular weight is 247 g/mol. The molecule has 0 radical (unpaired) electrons. The van der Waals surface area contributed by atoms with Crippen molar-refractivity contribution in [3.05, 3.63) is 35.9 Å². The van der Waals surface area contributed by atoms with Crippen LogP contribution in [0.5, 0.6) is 0 Å². The average Bonchev–Trinajstić information content (AvgIpc) is 3.07. The second-order valence-corrected chi connectivity index (χ2v) is 5.39. The monoisotopic (exact) mass is 247 g/mol. The largest absolute Gasteiger partial charge is 0.388 e. The van der Waals surface area contributed by atoms with Gasteiger partial charge in [-0.1, -0.05) is 37.3 Å². The molecule has 1 aromatic rings. The highest BCUT2D eigenvalue weighted by molar-refractivity contribution is 5.81. The summed E-state index contributed by atoms with van der Waals surface area (Å²) in [5.74, 6) is 0.854.